The SMILES string of the molecule is O=C(N[C@H]1CCCCC/C=C\[C@@H]2C[C@@]2(C(=O)O)NC(=O)[C@@H]2C[C@@H](OC(=O)N3Cc4cccc(Cl)c4C3)CN2C1=O)OC1CCCC1. The molecule has 6 rings (SSSR count). The van der Waals surface area contributed by atoms with Gasteiger partial charge in [-0.1, -0.05) is 48.7 Å². The van der Waals surface area contributed by atoms with Crippen LogP contribution in [0.5, 0.6) is 0 Å². The van der Waals surface area contributed by atoms with E-state index < -0.39 is 53.7 Å². The topological polar surface area (TPSA) is 155 Å². The number of hydrogen-bond donors (Lipinski definition) is 3. The van der Waals surface area contributed by atoms with Gasteiger partial charge in [-0.15, -0.1) is 0 Å². The molecule has 0 radical (unpaired) electrons. The van der Waals surface area contributed by atoms with Crippen molar-refractivity contribution in [2.75, 3.05) is 6.54 Å². The van der Waals surface area contributed by atoms with E-state index in [2.05, 4.69) is 10.6 Å². The van der Waals surface area contributed by atoms with E-state index in [0.29, 0.717) is 24.4 Å². The lowest BCUT2D eigenvalue weighted by atomic mass is 10.0. The average Bonchev–Trinajstić information content (AvgIpc) is 3.45. The molecule has 46 heavy (non-hydrogen) atoms. The maximum absolute atomic E-state index is 14.1. The Balaban J connectivity index is 1.21. The van der Waals surface area contributed by atoms with Crippen LogP contribution in [0.25, 0.3) is 0 Å². The molecule has 1 saturated heterocycles. The molecule has 3 N–H and O–H groups in total. The van der Waals surface area contributed by atoms with Crippen molar-refractivity contribution in [2.24, 2.45) is 5.92 Å². The van der Waals surface area contributed by atoms with E-state index >= 15 is 0 Å². The Bertz CT molecular complexity index is 1410. The summed E-state index contributed by atoms with van der Waals surface area (Å²) in [5.74, 6) is -2.62. The summed E-state index contributed by atoms with van der Waals surface area (Å²) in [4.78, 5) is 69.3. The third-order valence-corrected chi connectivity index (χ3v) is 10.3. The Morgan fingerprint density at radius 3 is 2.54 bits per heavy atom. The second-order valence-corrected chi connectivity index (χ2v) is 13.5. The van der Waals surface area contributed by atoms with Crippen molar-refractivity contribution >= 4 is 41.6 Å². The number of halogens is 1. The minimum absolute atomic E-state index is 0.0136. The molecule has 0 aromatic heterocycles. The fraction of sp³-hybridized carbons (Fsp3) is 0.606. The van der Waals surface area contributed by atoms with Crippen molar-refractivity contribution in [3.63, 3.8) is 0 Å². The van der Waals surface area contributed by atoms with Crippen LogP contribution < -0.4 is 10.6 Å². The van der Waals surface area contributed by atoms with E-state index in [1.54, 1.807) is 6.07 Å². The summed E-state index contributed by atoms with van der Waals surface area (Å²) >= 11 is 6.33. The predicted octanol–water partition coefficient (Wildman–Crippen LogP) is 4.28. The van der Waals surface area contributed by atoms with Gasteiger partial charge in [0.1, 0.15) is 29.8 Å². The highest BCUT2D eigenvalue weighted by molar-refractivity contribution is 6.31. The van der Waals surface area contributed by atoms with Gasteiger partial charge in [0, 0.05) is 23.9 Å². The number of carboxylic acids is 1. The number of nitrogens with one attached hydrogen (secondary N) is 2. The van der Waals surface area contributed by atoms with Crippen molar-refractivity contribution in [1.29, 1.82) is 0 Å². The maximum Gasteiger partial charge on any atom is 0.410 e. The molecule has 3 heterocycles. The highest BCUT2D eigenvalue weighted by Gasteiger charge is 2.61. The van der Waals surface area contributed by atoms with E-state index in [4.69, 9.17) is 21.1 Å². The number of carboxylic acid groups (broad SMARTS) is 1. The van der Waals surface area contributed by atoms with Crippen LogP contribution in [0, 0.1) is 5.92 Å². The number of aliphatic carboxylic acids is 1. The number of carbonyl (C=O) groups excluding carboxylic acids is 4. The summed E-state index contributed by atoms with van der Waals surface area (Å²) in [5.41, 5.74) is 0.310. The first-order valence-electron chi connectivity index (χ1n) is 16.4. The third kappa shape index (κ3) is 6.82. The highest BCUT2D eigenvalue weighted by Crippen LogP contribution is 2.45. The third-order valence-electron chi connectivity index (χ3n) is 9.94. The Morgan fingerprint density at radius 1 is 1.00 bits per heavy atom. The molecular weight excluding hydrogens is 616 g/mol. The summed E-state index contributed by atoms with van der Waals surface area (Å²) in [6, 6.07) is 3.42. The molecule has 1 aromatic rings. The summed E-state index contributed by atoms with van der Waals surface area (Å²) in [6.45, 7) is 0.515. The Labute approximate surface area is 272 Å². The lowest BCUT2D eigenvalue weighted by Gasteiger charge is -2.29. The zero-order chi connectivity index (χ0) is 32.4. The van der Waals surface area contributed by atoms with Gasteiger partial charge in [0.05, 0.1) is 13.1 Å². The van der Waals surface area contributed by atoms with Gasteiger partial charge in [-0.25, -0.2) is 14.4 Å². The van der Waals surface area contributed by atoms with Crippen LogP contribution in [0.2, 0.25) is 5.02 Å². The molecule has 0 bridgehead atoms. The molecule has 12 nitrogen and oxygen atoms in total. The molecule has 2 saturated carbocycles. The quantitative estimate of drug-likeness (QED) is 0.406. The Morgan fingerprint density at radius 2 is 1.78 bits per heavy atom. The van der Waals surface area contributed by atoms with E-state index in [1.807, 2.05) is 24.3 Å². The fourth-order valence-electron chi connectivity index (χ4n) is 7.21. The zero-order valence-corrected chi connectivity index (χ0v) is 26.5. The molecule has 3 aliphatic heterocycles. The Hall–Kier alpha value is -3.80. The number of rotatable bonds is 4. The van der Waals surface area contributed by atoms with Crippen molar-refractivity contribution in [1.82, 2.24) is 20.4 Å². The summed E-state index contributed by atoms with van der Waals surface area (Å²) in [5, 5.41) is 16.1. The van der Waals surface area contributed by atoms with Crippen molar-refractivity contribution in [2.45, 2.75) is 114 Å². The number of hydrogen-bond acceptors (Lipinski definition) is 7. The van der Waals surface area contributed by atoms with E-state index in [-0.39, 0.29) is 38.0 Å². The molecule has 5 aliphatic rings. The average molecular weight is 657 g/mol. The molecular formula is C33H41ClN4O8. The van der Waals surface area contributed by atoms with Gasteiger partial charge in [-0.05, 0) is 68.6 Å². The second kappa shape index (κ2) is 13.5. The largest absolute Gasteiger partial charge is 0.479 e. The van der Waals surface area contributed by atoms with Crippen LogP contribution in [-0.4, -0.2) is 81.3 Å². The molecule has 5 atom stereocenters. The smallest absolute Gasteiger partial charge is 0.410 e. The number of allylic oxidation sites excluding steroid dienone is 1. The highest BCUT2D eigenvalue weighted by atomic mass is 35.5. The van der Waals surface area contributed by atoms with Gasteiger partial charge >= 0.3 is 18.2 Å². The van der Waals surface area contributed by atoms with Crippen LogP contribution in [0.1, 0.15) is 81.8 Å². The second-order valence-electron chi connectivity index (χ2n) is 13.1. The van der Waals surface area contributed by atoms with Gasteiger partial charge < -0.3 is 30.1 Å². The fourth-order valence-corrected chi connectivity index (χ4v) is 7.46. The van der Waals surface area contributed by atoms with Crippen molar-refractivity contribution < 1.29 is 38.6 Å². The first kappa shape index (κ1) is 32.2. The van der Waals surface area contributed by atoms with Crippen molar-refractivity contribution in [3.8, 4) is 0 Å². The van der Waals surface area contributed by atoms with Gasteiger partial charge in [0.15, 0.2) is 0 Å². The first-order chi connectivity index (χ1) is 22.1. The number of alkyl carbamates (subject to hydrolysis) is 1. The van der Waals surface area contributed by atoms with E-state index in [9.17, 15) is 29.1 Å². The zero-order valence-electron chi connectivity index (χ0n) is 25.8. The number of ether oxygens (including phenoxy) is 2. The molecule has 1 aromatic carbocycles. The van der Waals surface area contributed by atoms with Gasteiger partial charge in [0.2, 0.25) is 11.8 Å². The normalized spacial score (nSPS) is 30.6. The molecule has 0 unspecified atom stereocenters. The van der Waals surface area contributed by atoms with Gasteiger partial charge in [-0.2, -0.15) is 0 Å². The standard InChI is InChI=1S/C33H41ClN4O8/c34-25-13-8-9-20-17-37(19-24(20)25)32(44)46-23-15-27-28(39)36-33(30(41)42)16-21(33)10-4-2-1-3-5-14-26(29(40)38(27)18-23)35-31(43)45-22-11-6-7-12-22/h4,8-10,13,21-23,26-27H,1-3,5-7,11-12,14-19H2,(H,35,43)(H,36,39)(H,41,42)/b10-4-/t21-,23-,26+,27+,33-/m1/s1. The monoisotopic (exact) mass is 656 g/mol. The summed E-state index contributed by atoms with van der Waals surface area (Å²) in [7, 11) is 0. The van der Waals surface area contributed by atoms with Crippen LogP contribution in [-0.2, 0) is 36.9 Å². The van der Waals surface area contributed by atoms with Crippen LogP contribution >= 0.6 is 11.6 Å². The Kier molecular flexibility index (Phi) is 9.44. The first-order valence-corrected chi connectivity index (χ1v) is 16.7. The molecule has 0 spiro atoms. The number of amides is 4. The van der Waals surface area contributed by atoms with Crippen LogP contribution in [0.4, 0.5) is 9.59 Å². The van der Waals surface area contributed by atoms with Gasteiger partial charge in [0.25, 0.3) is 0 Å². The maximum atomic E-state index is 14.1. The van der Waals surface area contributed by atoms with Crippen LogP contribution in [0.15, 0.2) is 30.4 Å². The number of benzene rings is 1. The number of carbonyl (C=O) groups is 5. The predicted molar refractivity (Wildman–Crippen MR) is 166 cm³/mol. The molecule has 3 fully saturated rings. The molecule has 13 heteroatoms. The number of nitrogens with zero attached hydrogens (tertiary/aromatic N) is 2. The van der Waals surface area contributed by atoms with E-state index in [0.717, 1.165) is 56.1 Å². The summed E-state index contributed by atoms with van der Waals surface area (Å²) in [6.07, 6.45) is 8.62. The van der Waals surface area contributed by atoms with Crippen molar-refractivity contribution in [3.05, 3.63) is 46.5 Å². The molecule has 4 amide bonds. The minimum Gasteiger partial charge on any atom is -0.479 e. The molecule has 248 valence electrons. The minimum atomic E-state index is -1.46. The van der Waals surface area contributed by atoms with Crippen LogP contribution in [0.3, 0.4) is 0 Å². The lowest BCUT2D eigenvalue weighted by molar-refractivity contribution is -0.145. The van der Waals surface area contributed by atoms with E-state index in [1.165, 1.54) is 9.80 Å². The van der Waals surface area contributed by atoms with Gasteiger partial charge in [-0.3, -0.25) is 14.5 Å². The summed E-state index contributed by atoms with van der Waals surface area (Å²) < 4.78 is 11.4. The number of fused-ring (bicyclic) bond motifs is 3. The molecule has 2 aliphatic carbocycles. The lowest BCUT2D eigenvalue weighted by Crippen LogP contribution is -2.56.